The zero-order valence-corrected chi connectivity index (χ0v) is 69.8. The molecule has 0 amide bonds. The number of carbonyl (C=O) groups excluding carboxylic acids is 4. The second kappa shape index (κ2) is 74.6. The molecule has 3 N–H and O–H groups in total. The van der Waals surface area contributed by atoms with Crippen molar-refractivity contribution >= 4 is 39.5 Å². The Morgan fingerprint density at radius 2 is 0.567 bits per heavy atom. The van der Waals surface area contributed by atoms with Crippen LogP contribution in [-0.4, -0.2) is 96.7 Å². The molecule has 0 aromatic carbocycles. The number of hydrogen-bond donors (Lipinski definition) is 3. The molecule has 17 nitrogen and oxygen atoms in total. The molecule has 0 bridgehead atoms. The molecular formula is C85H162O17P2. The lowest BCUT2D eigenvalue weighted by molar-refractivity contribution is -0.161. The van der Waals surface area contributed by atoms with Gasteiger partial charge in [-0.1, -0.05) is 368 Å². The van der Waals surface area contributed by atoms with E-state index in [0.717, 1.165) is 127 Å². The van der Waals surface area contributed by atoms with Crippen LogP contribution < -0.4 is 0 Å². The number of rotatable bonds is 81. The molecule has 0 aliphatic heterocycles. The maximum absolute atomic E-state index is 13.1. The summed E-state index contributed by atoms with van der Waals surface area (Å²) in [5.74, 6) is 0.215. The fourth-order valence-electron chi connectivity index (χ4n) is 12.6. The summed E-state index contributed by atoms with van der Waals surface area (Å²) in [6.45, 7) is 11.9. The summed E-state index contributed by atoms with van der Waals surface area (Å²) in [4.78, 5) is 73.1. The summed E-state index contributed by atoms with van der Waals surface area (Å²) in [7, 11) is -9.94. The maximum Gasteiger partial charge on any atom is 0.472 e. The summed E-state index contributed by atoms with van der Waals surface area (Å²) < 4.78 is 68.8. The van der Waals surface area contributed by atoms with Gasteiger partial charge in [0.2, 0.25) is 0 Å². The minimum atomic E-state index is -4.97. The Balaban J connectivity index is 5.24. The number of hydrogen-bond acceptors (Lipinski definition) is 15. The van der Waals surface area contributed by atoms with E-state index in [2.05, 4.69) is 72.8 Å². The van der Waals surface area contributed by atoms with Crippen LogP contribution in [0.5, 0.6) is 0 Å². The maximum atomic E-state index is 13.1. The van der Waals surface area contributed by atoms with Gasteiger partial charge < -0.3 is 33.8 Å². The third kappa shape index (κ3) is 76.3. The first-order valence-electron chi connectivity index (χ1n) is 43.2. The van der Waals surface area contributed by atoms with Crippen LogP contribution >= 0.6 is 15.6 Å². The molecule has 0 fully saturated rings. The molecule has 0 saturated heterocycles. The van der Waals surface area contributed by atoms with Crippen LogP contribution in [0, 0.1) is 17.8 Å². The van der Waals surface area contributed by atoms with Crippen molar-refractivity contribution in [2.24, 2.45) is 17.8 Å². The van der Waals surface area contributed by atoms with Crippen molar-refractivity contribution in [1.29, 1.82) is 0 Å². The Morgan fingerprint density at radius 1 is 0.317 bits per heavy atom. The van der Waals surface area contributed by atoms with E-state index in [1.807, 2.05) is 0 Å². The first-order chi connectivity index (χ1) is 50.3. The van der Waals surface area contributed by atoms with Crippen LogP contribution in [0.15, 0.2) is 24.3 Å². The van der Waals surface area contributed by atoms with E-state index < -0.39 is 97.5 Å². The molecular weight excluding hydrogens is 1350 g/mol. The van der Waals surface area contributed by atoms with Crippen molar-refractivity contribution in [3.8, 4) is 0 Å². The Bertz CT molecular complexity index is 2110. The molecule has 3 unspecified atom stereocenters. The first-order valence-corrected chi connectivity index (χ1v) is 46.2. The molecule has 19 heteroatoms. The molecule has 0 radical (unpaired) electrons. The second-order valence-electron chi connectivity index (χ2n) is 31.1. The van der Waals surface area contributed by atoms with Crippen LogP contribution in [0.1, 0.15) is 421 Å². The van der Waals surface area contributed by atoms with Gasteiger partial charge in [-0.25, -0.2) is 9.13 Å². The van der Waals surface area contributed by atoms with Gasteiger partial charge in [0.05, 0.1) is 26.4 Å². The molecule has 0 spiro atoms. The minimum absolute atomic E-state index is 0.0852. The molecule has 104 heavy (non-hydrogen) atoms. The Labute approximate surface area is 637 Å². The molecule has 0 aromatic rings. The highest BCUT2D eigenvalue weighted by Gasteiger charge is 2.30. The molecule has 0 rings (SSSR count). The fourth-order valence-corrected chi connectivity index (χ4v) is 14.2. The Morgan fingerprint density at radius 3 is 0.856 bits per heavy atom. The van der Waals surface area contributed by atoms with E-state index in [0.29, 0.717) is 25.7 Å². The smallest absolute Gasteiger partial charge is 0.462 e. The van der Waals surface area contributed by atoms with Crippen molar-refractivity contribution < 1.29 is 80.2 Å². The normalized spacial score (nSPS) is 14.3. The summed E-state index contributed by atoms with van der Waals surface area (Å²) in [5, 5.41) is 10.7. The minimum Gasteiger partial charge on any atom is -0.462 e. The number of aliphatic hydroxyl groups is 1. The molecule has 0 aliphatic carbocycles. The monoisotopic (exact) mass is 1520 g/mol. The van der Waals surface area contributed by atoms with E-state index in [9.17, 15) is 43.2 Å². The highest BCUT2D eigenvalue weighted by atomic mass is 31.2. The summed E-state index contributed by atoms with van der Waals surface area (Å²) in [6, 6.07) is 0. The van der Waals surface area contributed by atoms with Gasteiger partial charge in [-0.05, 0) is 69.1 Å². The number of unbranched alkanes of at least 4 members (excludes halogenated alkanes) is 45. The second-order valence-corrected chi connectivity index (χ2v) is 34.0. The van der Waals surface area contributed by atoms with E-state index >= 15 is 0 Å². The lowest BCUT2D eigenvalue weighted by Gasteiger charge is -2.21. The summed E-state index contributed by atoms with van der Waals surface area (Å²) in [6.07, 6.45) is 67.5. The predicted octanol–water partition coefficient (Wildman–Crippen LogP) is 25.3. The van der Waals surface area contributed by atoms with Crippen molar-refractivity contribution in [2.75, 3.05) is 39.6 Å². The SMILES string of the molecule is CCCCCC/C=C\C=C/CCCCCCCC(=O)O[C@H](COC(=O)CCCCCCCCCCCCCCCCCC(C)C)COP(=O)(O)OC[C@@H](O)COP(=O)(O)OC[C@@H](COC(=O)CCCCCCCCC(C)CC)OC(=O)CCCCCCCCCCCCCCCCCCCCC(C)C. The number of allylic oxidation sites excluding steroid dienone is 4. The number of carbonyl (C=O) groups is 4. The summed E-state index contributed by atoms with van der Waals surface area (Å²) in [5.41, 5.74) is 0. The van der Waals surface area contributed by atoms with Gasteiger partial charge in [-0.2, -0.15) is 0 Å². The van der Waals surface area contributed by atoms with E-state index in [-0.39, 0.29) is 25.7 Å². The summed E-state index contributed by atoms with van der Waals surface area (Å²) >= 11 is 0. The Hall–Kier alpha value is -2.46. The number of phosphoric acid groups is 2. The van der Waals surface area contributed by atoms with E-state index in [4.69, 9.17) is 37.0 Å². The predicted molar refractivity (Wildman–Crippen MR) is 427 cm³/mol. The van der Waals surface area contributed by atoms with Crippen LogP contribution in [0.3, 0.4) is 0 Å². The molecule has 0 heterocycles. The van der Waals surface area contributed by atoms with Gasteiger partial charge in [-0.3, -0.25) is 37.3 Å². The van der Waals surface area contributed by atoms with Gasteiger partial charge in [0.25, 0.3) is 0 Å². The zero-order valence-electron chi connectivity index (χ0n) is 68.0. The third-order valence-corrected chi connectivity index (χ3v) is 21.5. The molecule has 0 aliphatic rings. The van der Waals surface area contributed by atoms with E-state index in [1.54, 1.807) is 0 Å². The average Bonchev–Trinajstić information content (AvgIpc) is 0.943. The van der Waals surface area contributed by atoms with Crippen molar-refractivity contribution in [2.45, 2.75) is 439 Å². The van der Waals surface area contributed by atoms with Crippen LogP contribution in [-0.2, 0) is 65.4 Å². The van der Waals surface area contributed by atoms with E-state index in [1.165, 1.54) is 212 Å². The van der Waals surface area contributed by atoms with Gasteiger partial charge in [0, 0.05) is 25.7 Å². The lowest BCUT2D eigenvalue weighted by Crippen LogP contribution is -2.30. The lowest BCUT2D eigenvalue weighted by atomic mass is 10.00. The number of phosphoric ester groups is 2. The van der Waals surface area contributed by atoms with Crippen molar-refractivity contribution in [1.82, 2.24) is 0 Å². The van der Waals surface area contributed by atoms with Crippen LogP contribution in [0.25, 0.3) is 0 Å². The fraction of sp³-hybridized carbons (Fsp3) is 0.906. The number of ether oxygens (including phenoxy) is 4. The van der Waals surface area contributed by atoms with Gasteiger partial charge in [0.1, 0.15) is 19.3 Å². The Kier molecular flexibility index (Phi) is 72.9. The van der Waals surface area contributed by atoms with Gasteiger partial charge >= 0.3 is 39.5 Å². The highest BCUT2D eigenvalue weighted by Crippen LogP contribution is 2.45. The van der Waals surface area contributed by atoms with Crippen LogP contribution in [0.4, 0.5) is 0 Å². The molecule has 6 atom stereocenters. The zero-order chi connectivity index (χ0) is 76.5. The molecule has 0 aromatic heterocycles. The van der Waals surface area contributed by atoms with Gasteiger partial charge in [-0.15, -0.1) is 0 Å². The van der Waals surface area contributed by atoms with Crippen molar-refractivity contribution in [3.63, 3.8) is 0 Å². The standard InChI is InChI=1S/C85H162O17P2/c1-8-10-11-12-13-14-15-16-22-30-35-40-45-54-61-68-84(89)101-80(72-95-82(87)66-59-52-44-39-34-29-26-21-24-28-33-38-43-50-57-64-77(5)6)74-99-103(91,92)97-70-79(86)71-98-104(93,94)100-75-81(73-96-83(88)67-60-53-48-47-51-58-65-78(7)9-2)102-85(90)69-62-55-46-41-36-31-25-20-18-17-19-23-27-32-37-42-49-56-63-76(3)4/h14-16,22,76-81,86H,8-13,17-21,23-75H2,1-7H3,(H,91,92)(H,93,94)/b15-14-,22-16-/t78?,79-,80-,81-/m1/s1. The highest BCUT2D eigenvalue weighted by molar-refractivity contribution is 7.47. The third-order valence-electron chi connectivity index (χ3n) is 19.6. The number of esters is 4. The van der Waals surface area contributed by atoms with Crippen molar-refractivity contribution in [3.05, 3.63) is 24.3 Å². The van der Waals surface area contributed by atoms with Crippen LogP contribution in [0.2, 0.25) is 0 Å². The first kappa shape index (κ1) is 102. The quantitative estimate of drug-likeness (QED) is 0.0169. The average molecular weight is 1520 g/mol. The van der Waals surface area contributed by atoms with Gasteiger partial charge in [0.15, 0.2) is 12.2 Å². The topological polar surface area (TPSA) is 237 Å². The largest absolute Gasteiger partial charge is 0.472 e. The molecule has 614 valence electrons. The molecule has 0 saturated carbocycles. The number of aliphatic hydroxyl groups excluding tert-OH is 1.